The molecule has 1 unspecified atom stereocenters. The first-order valence-corrected chi connectivity index (χ1v) is 8.86. The van der Waals surface area contributed by atoms with Gasteiger partial charge in [-0.05, 0) is 19.8 Å². The summed E-state index contributed by atoms with van der Waals surface area (Å²) in [5, 5.41) is -0.763. The van der Waals surface area contributed by atoms with Gasteiger partial charge >= 0.3 is 0 Å². The Labute approximate surface area is 121 Å². The van der Waals surface area contributed by atoms with Crippen LogP contribution in [0.25, 0.3) is 0 Å². The van der Waals surface area contributed by atoms with Gasteiger partial charge in [-0.15, -0.1) is 0 Å². The number of rotatable bonds is 4. The normalized spacial score (nSPS) is 25.5. The van der Waals surface area contributed by atoms with Gasteiger partial charge in [-0.2, -0.15) is 4.31 Å². The zero-order valence-corrected chi connectivity index (χ0v) is 13.0. The van der Waals surface area contributed by atoms with Gasteiger partial charge in [0.25, 0.3) is 0 Å². The molecule has 0 spiro atoms. The highest BCUT2D eigenvalue weighted by Crippen LogP contribution is 2.25. The standard InChI is InChI=1S/C12H23N3O2S2/c1-10(12(13)18)19(16,17)15-8-6-14(7-9-15)11-4-2-3-5-11/h10-11H,2-9H2,1H3,(H2,13,18). The van der Waals surface area contributed by atoms with E-state index in [9.17, 15) is 8.42 Å². The van der Waals surface area contributed by atoms with Gasteiger partial charge in [-0.25, -0.2) is 8.42 Å². The lowest BCUT2D eigenvalue weighted by Gasteiger charge is -2.38. The smallest absolute Gasteiger partial charge is 0.223 e. The molecule has 0 aromatic rings. The predicted molar refractivity (Wildman–Crippen MR) is 80.6 cm³/mol. The van der Waals surface area contributed by atoms with Crippen molar-refractivity contribution in [3.05, 3.63) is 0 Å². The fourth-order valence-electron chi connectivity index (χ4n) is 2.96. The van der Waals surface area contributed by atoms with Crippen molar-refractivity contribution in [2.75, 3.05) is 26.2 Å². The molecule has 1 heterocycles. The minimum atomic E-state index is -3.37. The van der Waals surface area contributed by atoms with Gasteiger partial charge in [-0.3, -0.25) is 4.90 Å². The quantitative estimate of drug-likeness (QED) is 0.768. The van der Waals surface area contributed by atoms with Crippen molar-refractivity contribution >= 4 is 27.2 Å². The highest BCUT2D eigenvalue weighted by Gasteiger charge is 2.34. The van der Waals surface area contributed by atoms with Crippen LogP contribution in [0.1, 0.15) is 32.6 Å². The van der Waals surface area contributed by atoms with E-state index in [2.05, 4.69) is 4.90 Å². The molecule has 1 saturated heterocycles. The molecular weight excluding hydrogens is 282 g/mol. The van der Waals surface area contributed by atoms with Crippen molar-refractivity contribution in [2.24, 2.45) is 5.73 Å². The molecule has 1 saturated carbocycles. The summed E-state index contributed by atoms with van der Waals surface area (Å²) in [4.78, 5) is 2.49. The van der Waals surface area contributed by atoms with E-state index in [0.29, 0.717) is 19.1 Å². The van der Waals surface area contributed by atoms with Crippen LogP contribution < -0.4 is 5.73 Å². The average molecular weight is 305 g/mol. The third kappa shape index (κ3) is 3.26. The fraction of sp³-hybridized carbons (Fsp3) is 0.917. The number of piperazine rings is 1. The molecule has 0 amide bonds. The van der Waals surface area contributed by atoms with Crippen molar-refractivity contribution in [3.8, 4) is 0 Å². The Hall–Kier alpha value is -0.240. The molecule has 2 fully saturated rings. The van der Waals surface area contributed by atoms with Crippen LogP contribution in [0.4, 0.5) is 0 Å². The Bertz CT molecular complexity index is 424. The second-order valence-corrected chi connectivity index (χ2v) is 8.19. The summed E-state index contributed by atoms with van der Waals surface area (Å²) in [5.41, 5.74) is 5.47. The Balaban J connectivity index is 1.94. The van der Waals surface area contributed by atoms with Crippen LogP contribution in [0.5, 0.6) is 0 Å². The molecule has 2 N–H and O–H groups in total. The third-order valence-corrected chi connectivity index (χ3v) is 7.06. The molecular formula is C12H23N3O2S2. The van der Waals surface area contributed by atoms with Crippen molar-refractivity contribution in [1.29, 1.82) is 0 Å². The highest BCUT2D eigenvalue weighted by molar-refractivity contribution is 7.92. The minimum absolute atomic E-state index is 0.0539. The van der Waals surface area contributed by atoms with Crippen LogP contribution in [0.15, 0.2) is 0 Å². The Morgan fingerprint density at radius 3 is 2.21 bits per heavy atom. The summed E-state index contributed by atoms with van der Waals surface area (Å²) in [5.74, 6) is 0. The van der Waals surface area contributed by atoms with Gasteiger partial charge in [0.05, 0.1) is 4.99 Å². The maximum Gasteiger partial charge on any atom is 0.223 e. The molecule has 1 aliphatic heterocycles. The zero-order valence-electron chi connectivity index (χ0n) is 11.4. The number of hydrogen-bond donors (Lipinski definition) is 1. The number of nitrogens with two attached hydrogens (primary N) is 1. The number of hydrogen-bond acceptors (Lipinski definition) is 4. The maximum atomic E-state index is 12.3. The highest BCUT2D eigenvalue weighted by atomic mass is 32.2. The summed E-state index contributed by atoms with van der Waals surface area (Å²) in [7, 11) is -3.37. The summed E-state index contributed by atoms with van der Waals surface area (Å²) < 4.78 is 26.1. The van der Waals surface area contributed by atoms with Crippen LogP contribution in [0.2, 0.25) is 0 Å². The monoisotopic (exact) mass is 305 g/mol. The first-order chi connectivity index (χ1) is 8.93. The Morgan fingerprint density at radius 2 is 1.74 bits per heavy atom. The molecule has 0 bridgehead atoms. The summed E-state index contributed by atoms with van der Waals surface area (Å²) >= 11 is 4.81. The van der Waals surface area contributed by atoms with Gasteiger partial charge < -0.3 is 5.73 Å². The molecule has 1 atom stereocenters. The lowest BCUT2D eigenvalue weighted by molar-refractivity contribution is 0.138. The van der Waals surface area contributed by atoms with E-state index in [1.807, 2.05) is 0 Å². The van der Waals surface area contributed by atoms with Crippen LogP contribution in [-0.4, -0.2) is 60.1 Å². The van der Waals surface area contributed by atoms with Crippen LogP contribution >= 0.6 is 12.2 Å². The second kappa shape index (κ2) is 6.03. The Morgan fingerprint density at radius 1 is 1.21 bits per heavy atom. The molecule has 2 rings (SSSR count). The maximum absolute atomic E-state index is 12.3. The van der Waals surface area contributed by atoms with Crippen LogP contribution in [0.3, 0.4) is 0 Å². The SMILES string of the molecule is CC(C(N)=S)S(=O)(=O)N1CCN(C2CCCC2)CC1. The minimum Gasteiger partial charge on any atom is -0.392 e. The molecule has 0 radical (unpaired) electrons. The molecule has 7 heteroatoms. The number of sulfonamides is 1. The van der Waals surface area contributed by atoms with Gasteiger partial charge in [-0.1, -0.05) is 25.1 Å². The number of thiocarbonyl (C=S) groups is 1. The third-order valence-electron chi connectivity index (χ3n) is 4.32. The number of nitrogens with zero attached hydrogens (tertiary/aromatic N) is 2. The largest absolute Gasteiger partial charge is 0.392 e. The van der Waals surface area contributed by atoms with E-state index < -0.39 is 15.3 Å². The van der Waals surface area contributed by atoms with Crippen molar-refractivity contribution in [1.82, 2.24) is 9.21 Å². The fourth-order valence-corrected chi connectivity index (χ4v) is 4.74. The van der Waals surface area contributed by atoms with E-state index in [-0.39, 0.29) is 4.99 Å². The summed E-state index contributed by atoms with van der Waals surface area (Å²) in [6, 6.07) is 0.665. The van der Waals surface area contributed by atoms with E-state index in [1.54, 1.807) is 11.2 Å². The van der Waals surface area contributed by atoms with E-state index in [4.69, 9.17) is 18.0 Å². The van der Waals surface area contributed by atoms with Gasteiger partial charge in [0.15, 0.2) is 0 Å². The second-order valence-electron chi connectivity index (χ2n) is 5.46. The summed E-state index contributed by atoms with van der Waals surface area (Å²) in [6.07, 6.45) is 5.13. The van der Waals surface area contributed by atoms with E-state index in [1.165, 1.54) is 25.7 Å². The lowest BCUT2D eigenvalue weighted by atomic mass is 10.2. The molecule has 19 heavy (non-hydrogen) atoms. The Kier molecular flexibility index (Phi) is 4.81. The van der Waals surface area contributed by atoms with Crippen LogP contribution in [-0.2, 0) is 10.0 Å². The van der Waals surface area contributed by atoms with Crippen molar-refractivity contribution < 1.29 is 8.42 Å². The summed E-state index contributed by atoms with van der Waals surface area (Å²) in [6.45, 7) is 4.35. The zero-order chi connectivity index (χ0) is 14.0. The first-order valence-electron chi connectivity index (χ1n) is 6.95. The van der Waals surface area contributed by atoms with Crippen molar-refractivity contribution in [2.45, 2.75) is 43.9 Å². The molecule has 110 valence electrons. The molecule has 5 nitrogen and oxygen atoms in total. The molecule has 0 aromatic heterocycles. The van der Waals surface area contributed by atoms with Gasteiger partial charge in [0.1, 0.15) is 5.25 Å². The molecule has 1 aliphatic carbocycles. The predicted octanol–water partition coefficient (Wildman–Crippen LogP) is 0.551. The first kappa shape index (κ1) is 15.2. The van der Waals surface area contributed by atoms with E-state index >= 15 is 0 Å². The molecule has 2 aliphatic rings. The lowest BCUT2D eigenvalue weighted by Crippen LogP contribution is -2.54. The van der Waals surface area contributed by atoms with Crippen LogP contribution in [0, 0.1) is 0 Å². The average Bonchev–Trinajstić information content (AvgIpc) is 2.91. The van der Waals surface area contributed by atoms with Crippen molar-refractivity contribution in [3.63, 3.8) is 0 Å². The topological polar surface area (TPSA) is 66.6 Å². The molecule has 0 aromatic carbocycles. The van der Waals surface area contributed by atoms with Gasteiger partial charge in [0.2, 0.25) is 10.0 Å². The van der Waals surface area contributed by atoms with Gasteiger partial charge in [0, 0.05) is 32.2 Å². The van der Waals surface area contributed by atoms with E-state index in [0.717, 1.165) is 13.1 Å².